The number of hydrogen-bond acceptors (Lipinski definition) is 1. The van der Waals surface area contributed by atoms with Gasteiger partial charge in [0.1, 0.15) is 12.7 Å². The molecule has 0 aromatic heterocycles. The van der Waals surface area contributed by atoms with Crippen LogP contribution in [0.1, 0.15) is 43.4 Å². The van der Waals surface area contributed by atoms with E-state index in [9.17, 15) is 0 Å². The van der Waals surface area contributed by atoms with Crippen molar-refractivity contribution >= 4 is 0 Å². The molecule has 0 heterocycles. The minimum absolute atomic E-state index is 0.210. The Morgan fingerprint density at radius 3 is 2.30 bits per heavy atom. The highest BCUT2D eigenvalue weighted by Crippen LogP contribution is 2.16. The van der Waals surface area contributed by atoms with Crippen molar-refractivity contribution in [3.8, 4) is 23.7 Å². The molecule has 0 bridgehead atoms. The van der Waals surface area contributed by atoms with Crippen molar-refractivity contribution in [3.05, 3.63) is 71.8 Å². The summed E-state index contributed by atoms with van der Waals surface area (Å²) in [5, 5.41) is 0. The molecule has 0 spiro atoms. The van der Waals surface area contributed by atoms with Crippen LogP contribution in [0.3, 0.4) is 0 Å². The lowest BCUT2D eigenvalue weighted by Gasteiger charge is -2.10. The molecular weight excluding hydrogens is 280 g/mol. The van der Waals surface area contributed by atoms with Crippen LogP contribution < -0.4 is 0 Å². The lowest BCUT2D eigenvalue weighted by molar-refractivity contribution is 0.121. The molecule has 0 saturated heterocycles. The van der Waals surface area contributed by atoms with Crippen LogP contribution >= 0.6 is 0 Å². The second kappa shape index (κ2) is 10.3. The van der Waals surface area contributed by atoms with E-state index < -0.39 is 0 Å². The first-order valence-corrected chi connectivity index (χ1v) is 8.09. The van der Waals surface area contributed by atoms with Crippen molar-refractivity contribution in [2.45, 2.75) is 32.3 Å². The quantitative estimate of drug-likeness (QED) is 0.558. The van der Waals surface area contributed by atoms with Crippen LogP contribution in [0.4, 0.5) is 0 Å². The Morgan fingerprint density at radius 1 is 0.913 bits per heavy atom. The third-order valence-electron chi connectivity index (χ3n) is 3.32. The van der Waals surface area contributed by atoms with Gasteiger partial charge in [-0.25, -0.2) is 0 Å². The average molecular weight is 302 g/mol. The normalized spacial score (nSPS) is 10.8. The van der Waals surface area contributed by atoms with Gasteiger partial charge in [-0.15, -0.1) is 5.92 Å². The van der Waals surface area contributed by atoms with Crippen LogP contribution in [0.25, 0.3) is 0 Å². The fourth-order valence-corrected chi connectivity index (χ4v) is 2.06. The predicted molar refractivity (Wildman–Crippen MR) is 95.8 cm³/mol. The van der Waals surface area contributed by atoms with Crippen LogP contribution in [0, 0.1) is 23.7 Å². The molecule has 0 aliphatic carbocycles. The van der Waals surface area contributed by atoms with Gasteiger partial charge in [0, 0.05) is 12.0 Å². The number of rotatable bonds is 5. The van der Waals surface area contributed by atoms with E-state index in [2.05, 4.69) is 30.6 Å². The molecule has 1 heteroatoms. The number of hydrogen-bond donors (Lipinski definition) is 0. The Bertz CT molecular complexity index is 681. The van der Waals surface area contributed by atoms with Gasteiger partial charge in [0.15, 0.2) is 0 Å². The van der Waals surface area contributed by atoms with Crippen molar-refractivity contribution in [1.29, 1.82) is 0 Å². The molecule has 0 fully saturated rings. The lowest BCUT2D eigenvalue weighted by atomic mass is 10.1. The SMILES string of the molecule is CCCCC#CC(OCC#Cc1ccccc1)c1ccccc1. The first-order valence-electron chi connectivity index (χ1n) is 8.09. The van der Waals surface area contributed by atoms with Gasteiger partial charge in [-0.05, 0) is 24.1 Å². The molecule has 1 unspecified atom stereocenters. The third-order valence-corrected chi connectivity index (χ3v) is 3.32. The van der Waals surface area contributed by atoms with Crippen LogP contribution in [0.2, 0.25) is 0 Å². The van der Waals surface area contributed by atoms with Gasteiger partial charge in [-0.2, -0.15) is 0 Å². The molecule has 0 amide bonds. The molecule has 0 aliphatic heterocycles. The van der Waals surface area contributed by atoms with Gasteiger partial charge < -0.3 is 4.74 Å². The summed E-state index contributed by atoms with van der Waals surface area (Å²) in [5.74, 6) is 12.6. The van der Waals surface area contributed by atoms with Crippen molar-refractivity contribution < 1.29 is 4.74 Å². The minimum Gasteiger partial charge on any atom is -0.348 e. The number of benzene rings is 2. The summed E-state index contributed by atoms with van der Waals surface area (Å²) in [6.45, 7) is 2.54. The lowest BCUT2D eigenvalue weighted by Crippen LogP contribution is -2.02. The molecule has 23 heavy (non-hydrogen) atoms. The van der Waals surface area contributed by atoms with E-state index in [0.717, 1.165) is 30.4 Å². The van der Waals surface area contributed by atoms with Crippen molar-refractivity contribution in [3.63, 3.8) is 0 Å². The maximum atomic E-state index is 5.88. The van der Waals surface area contributed by atoms with Crippen LogP contribution in [-0.4, -0.2) is 6.61 Å². The van der Waals surface area contributed by atoms with Crippen LogP contribution in [0.5, 0.6) is 0 Å². The van der Waals surface area contributed by atoms with Gasteiger partial charge in [-0.1, -0.05) is 79.6 Å². The van der Waals surface area contributed by atoms with Crippen molar-refractivity contribution in [2.24, 2.45) is 0 Å². The van der Waals surface area contributed by atoms with E-state index >= 15 is 0 Å². The average Bonchev–Trinajstić information content (AvgIpc) is 2.62. The third kappa shape index (κ3) is 6.43. The zero-order chi connectivity index (χ0) is 16.2. The summed E-state index contributed by atoms with van der Waals surface area (Å²) in [5.41, 5.74) is 2.08. The zero-order valence-electron chi connectivity index (χ0n) is 13.6. The number of unbranched alkanes of at least 4 members (excludes halogenated alkanes) is 2. The van der Waals surface area contributed by atoms with Crippen LogP contribution in [0.15, 0.2) is 60.7 Å². The topological polar surface area (TPSA) is 9.23 Å². The fraction of sp³-hybridized carbons (Fsp3) is 0.273. The molecule has 1 nitrogen and oxygen atoms in total. The maximum absolute atomic E-state index is 5.88. The van der Waals surface area contributed by atoms with E-state index in [1.54, 1.807) is 0 Å². The highest BCUT2D eigenvalue weighted by Gasteiger charge is 2.06. The van der Waals surface area contributed by atoms with Gasteiger partial charge >= 0.3 is 0 Å². The first kappa shape index (κ1) is 16.9. The van der Waals surface area contributed by atoms with Crippen molar-refractivity contribution in [2.75, 3.05) is 6.61 Å². The molecule has 2 rings (SSSR count). The van der Waals surface area contributed by atoms with E-state index in [-0.39, 0.29) is 6.10 Å². The van der Waals surface area contributed by atoms with Gasteiger partial charge in [-0.3, -0.25) is 0 Å². The summed E-state index contributed by atoms with van der Waals surface area (Å²) in [4.78, 5) is 0. The Kier molecular flexibility index (Phi) is 7.55. The molecule has 0 N–H and O–H groups in total. The molecular formula is C22H22O. The van der Waals surface area contributed by atoms with E-state index in [1.165, 1.54) is 0 Å². The summed E-state index contributed by atoms with van der Waals surface area (Å²) in [6, 6.07) is 20.0. The highest BCUT2D eigenvalue weighted by atomic mass is 16.5. The predicted octanol–water partition coefficient (Wildman–Crippen LogP) is 4.99. The molecule has 2 aromatic rings. The van der Waals surface area contributed by atoms with E-state index in [4.69, 9.17) is 4.74 Å². The zero-order valence-corrected chi connectivity index (χ0v) is 13.6. The number of ether oxygens (including phenoxy) is 1. The second-order valence-corrected chi connectivity index (χ2v) is 5.19. The van der Waals surface area contributed by atoms with E-state index in [1.807, 2.05) is 60.7 Å². The standard InChI is InChI=1S/C22H22O/c1-2-3-4-11-18-22(21-16-9-6-10-17-21)23-19-12-15-20-13-7-5-8-14-20/h5-10,13-14,16-17,22H,2-4,19H2,1H3. The summed E-state index contributed by atoms with van der Waals surface area (Å²) >= 11 is 0. The van der Waals surface area contributed by atoms with Crippen molar-refractivity contribution in [1.82, 2.24) is 0 Å². The Labute approximate surface area is 139 Å². The van der Waals surface area contributed by atoms with Gasteiger partial charge in [0.25, 0.3) is 0 Å². The monoisotopic (exact) mass is 302 g/mol. The smallest absolute Gasteiger partial charge is 0.144 e. The van der Waals surface area contributed by atoms with Gasteiger partial charge in [0.05, 0.1) is 0 Å². The fourth-order valence-electron chi connectivity index (χ4n) is 2.06. The Hall–Kier alpha value is -2.48. The molecule has 0 aliphatic rings. The Morgan fingerprint density at radius 2 is 1.61 bits per heavy atom. The summed E-state index contributed by atoms with van der Waals surface area (Å²) in [6.07, 6.45) is 2.99. The van der Waals surface area contributed by atoms with E-state index in [0.29, 0.717) is 6.61 Å². The van der Waals surface area contributed by atoms with Crippen LogP contribution in [-0.2, 0) is 4.74 Å². The first-order chi connectivity index (χ1) is 11.4. The summed E-state index contributed by atoms with van der Waals surface area (Å²) < 4.78 is 5.88. The molecule has 0 radical (unpaired) electrons. The largest absolute Gasteiger partial charge is 0.348 e. The molecule has 2 aromatic carbocycles. The second-order valence-electron chi connectivity index (χ2n) is 5.19. The minimum atomic E-state index is -0.210. The highest BCUT2D eigenvalue weighted by molar-refractivity contribution is 5.33. The maximum Gasteiger partial charge on any atom is 0.144 e. The molecule has 1 atom stereocenters. The Balaban J connectivity index is 1.97. The molecule has 116 valence electrons. The van der Waals surface area contributed by atoms with Gasteiger partial charge in [0.2, 0.25) is 0 Å². The summed E-state index contributed by atoms with van der Waals surface area (Å²) in [7, 11) is 0. The molecule has 0 saturated carbocycles.